The highest BCUT2D eigenvalue weighted by Gasteiger charge is 2.01. The van der Waals surface area contributed by atoms with E-state index in [4.69, 9.17) is 0 Å². The zero-order valence-electron chi connectivity index (χ0n) is 33.0. The molecule has 0 bridgehead atoms. The largest absolute Gasteiger partial charge is 0.126 e. The molecule has 0 atom stereocenters. The van der Waals surface area contributed by atoms with Gasteiger partial charge >= 0.3 is 0 Å². The highest BCUT2D eigenvalue weighted by Crippen LogP contribution is 2.27. The Labute approximate surface area is 312 Å². The molecule has 0 aliphatic heterocycles. The Balaban J connectivity index is 1.81. The van der Waals surface area contributed by atoms with Crippen LogP contribution >= 0.6 is 23.5 Å². The summed E-state index contributed by atoms with van der Waals surface area (Å²) in [5.41, 5.74) is 0. The average Bonchev–Trinajstić information content (AvgIpc) is 3.10. The highest BCUT2D eigenvalue weighted by molar-refractivity contribution is 8.00. The van der Waals surface area contributed by atoms with Gasteiger partial charge in [0.25, 0.3) is 0 Å². The van der Waals surface area contributed by atoms with E-state index in [9.17, 15) is 0 Å². The summed E-state index contributed by atoms with van der Waals surface area (Å²) in [7, 11) is 0. The van der Waals surface area contributed by atoms with E-state index < -0.39 is 0 Å². The molecule has 0 aliphatic rings. The van der Waals surface area contributed by atoms with Gasteiger partial charge in [0.2, 0.25) is 0 Å². The first-order valence-electron chi connectivity index (χ1n) is 22.2. The molecule has 0 aliphatic carbocycles. The molecule has 0 N–H and O–H groups in total. The summed E-state index contributed by atoms with van der Waals surface area (Å²) in [6, 6.07) is 9.36. The van der Waals surface area contributed by atoms with Gasteiger partial charge in [-0.2, -0.15) is 0 Å². The molecule has 2 heteroatoms. The average molecular weight is 703 g/mol. The van der Waals surface area contributed by atoms with E-state index in [2.05, 4.69) is 61.6 Å². The molecule has 0 saturated carbocycles. The molecule has 0 heterocycles. The number of thioether (sulfide) groups is 2. The zero-order valence-corrected chi connectivity index (χ0v) is 34.6. The molecule has 0 nitrogen and oxygen atoms in total. The fraction of sp³-hybridized carbons (Fsp3) is 0.870. The molecular weight excluding hydrogens is 617 g/mol. The lowest BCUT2D eigenvalue weighted by molar-refractivity contribution is 0.526. The van der Waals surface area contributed by atoms with Crippen LogP contribution in [0, 0.1) is 0 Å². The molecular formula is C46H86S2. The number of hydrogen-bond donors (Lipinski definition) is 0. The van der Waals surface area contributed by atoms with Gasteiger partial charge in [-0.1, -0.05) is 238 Å². The van der Waals surface area contributed by atoms with Crippen LogP contribution in [0.4, 0.5) is 0 Å². The summed E-state index contributed by atoms with van der Waals surface area (Å²) in [5.74, 6) is 2.57. The minimum atomic E-state index is 1.28. The molecule has 282 valence electrons. The van der Waals surface area contributed by atoms with Crippen LogP contribution in [-0.2, 0) is 0 Å². The van der Waals surface area contributed by atoms with Gasteiger partial charge in [-0.25, -0.2) is 0 Å². The van der Waals surface area contributed by atoms with E-state index in [1.165, 1.54) is 252 Å². The van der Waals surface area contributed by atoms with Gasteiger partial charge in [-0.05, 0) is 42.5 Å². The van der Waals surface area contributed by atoms with Crippen molar-refractivity contribution in [2.45, 2.75) is 255 Å². The van der Waals surface area contributed by atoms with Gasteiger partial charge in [0, 0.05) is 9.79 Å². The molecule has 0 saturated heterocycles. The first-order valence-corrected chi connectivity index (χ1v) is 24.2. The van der Waals surface area contributed by atoms with Crippen molar-refractivity contribution in [3.63, 3.8) is 0 Å². The van der Waals surface area contributed by atoms with Crippen molar-refractivity contribution >= 4 is 23.5 Å². The lowest BCUT2D eigenvalue weighted by Gasteiger charge is -2.06. The smallest absolute Gasteiger partial charge is 0.00830 e. The maximum atomic E-state index is 2.44. The maximum absolute atomic E-state index is 2.44. The molecule has 0 spiro atoms. The van der Waals surface area contributed by atoms with Crippen LogP contribution in [0.5, 0.6) is 0 Å². The molecule has 48 heavy (non-hydrogen) atoms. The third-order valence-electron chi connectivity index (χ3n) is 10.3. The van der Waals surface area contributed by atoms with Gasteiger partial charge in [0.1, 0.15) is 0 Å². The Hall–Kier alpha value is -0.0800. The highest BCUT2D eigenvalue weighted by atomic mass is 32.2. The molecule has 0 unspecified atom stereocenters. The number of benzene rings is 1. The molecule has 0 amide bonds. The van der Waals surface area contributed by atoms with Crippen molar-refractivity contribution in [3.8, 4) is 0 Å². The second kappa shape index (κ2) is 39.7. The normalized spacial score (nSPS) is 11.5. The second-order valence-electron chi connectivity index (χ2n) is 15.2. The van der Waals surface area contributed by atoms with E-state index >= 15 is 0 Å². The fourth-order valence-electron chi connectivity index (χ4n) is 7.04. The van der Waals surface area contributed by atoms with Crippen LogP contribution in [0.3, 0.4) is 0 Å². The van der Waals surface area contributed by atoms with E-state index in [1.54, 1.807) is 0 Å². The van der Waals surface area contributed by atoms with E-state index in [0.29, 0.717) is 0 Å². The summed E-state index contributed by atoms with van der Waals surface area (Å²) >= 11 is 4.15. The van der Waals surface area contributed by atoms with Crippen molar-refractivity contribution in [3.05, 3.63) is 24.3 Å². The van der Waals surface area contributed by atoms with Crippen LogP contribution in [0.15, 0.2) is 34.1 Å². The standard InChI is InChI=1S/C46H86S2/c1-3-5-7-9-11-13-15-17-19-21-23-25-27-29-31-33-35-37-42-47-45-40-39-41-46(44-45)48-43-38-36-34-32-30-28-26-24-22-20-18-16-14-12-10-8-6-4-2/h39-41,44H,3-38,42-43H2,1-2H3. The fourth-order valence-corrected chi connectivity index (χ4v) is 9.05. The predicted molar refractivity (Wildman–Crippen MR) is 225 cm³/mol. The first kappa shape index (κ1) is 45.9. The van der Waals surface area contributed by atoms with Crippen molar-refractivity contribution < 1.29 is 0 Å². The Morgan fingerprint density at radius 2 is 0.500 bits per heavy atom. The third-order valence-corrected chi connectivity index (χ3v) is 12.5. The quantitative estimate of drug-likeness (QED) is 0.0493. The summed E-state index contributed by atoms with van der Waals surface area (Å²) < 4.78 is 0. The Morgan fingerprint density at radius 3 is 0.729 bits per heavy atom. The molecule has 1 rings (SSSR count). The van der Waals surface area contributed by atoms with Crippen LogP contribution in [0.2, 0.25) is 0 Å². The molecule has 1 aromatic rings. The molecule has 1 aromatic carbocycles. The number of rotatable bonds is 40. The topological polar surface area (TPSA) is 0 Å². The van der Waals surface area contributed by atoms with E-state index in [-0.39, 0.29) is 0 Å². The minimum Gasteiger partial charge on any atom is -0.126 e. The number of unbranched alkanes of at least 4 members (excludes halogenated alkanes) is 34. The number of hydrogen-bond acceptors (Lipinski definition) is 2. The van der Waals surface area contributed by atoms with E-state index in [1.807, 2.05) is 0 Å². The SMILES string of the molecule is CCCCCCCCCCCCCCCCCCCCSc1cccc(SCCCCCCCCCCCCCCCCCCCC)c1. The summed E-state index contributed by atoms with van der Waals surface area (Å²) in [6.07, 6.45) is 52.4. The predicted octanol–water partition coefficient (Wildman–Crippen LogP) is 18.0. The van der Waals surface area contributed by atoms with Crippen molar-refractivity contribution in [1.29, 1.82) is 0 Å². The van der Waals surface area contributed by atoms with Gasteiger partial charge in [-0.15, -0.1) is 23.5 Å². The second-order valence-corrected chi connectivity index (χ2v) is 17.5. The van der Waals surface area contributed by atoms with Crippen LogP contribution in [0.1, 0.15) is 245 Å². The summed E-state index contributed by atoms with van der Waals surface area (Å²) in [5, 5.41) is 0. The molecule has 0 radical (unpaired) electrons. The Bertz CT molecular complexity index is 673. The van der Waals surface area contributed by atoms with E-state index in [0.717, 1.165) is 0 Å². The monoisotopic (exact) mass is 703 g/mol. The van der Waals surface area contributed by atoms with Crippen molar-refractivity contribution in [2.75, 3.05) is 11.5 Å². The minimum absolute atomic E-state index is 1.28. The zero-order chi connectivity index (χ0) is 34.3. The third kappa shape index (κ3) is 34.4. The Kier molecular flexibility index (Phi) is 38.0. The van der Waals surface area contributed by atoms with Crippen LogP contribution in [0.25, 0.3) is 0 Å². The van der Waals surface area contributed by atoms with Gasteiger partial charge in [0.15, 0.2) is 0 Å². The van der Waals surface area contributed by atoms with Crippen LogP contribution in [-0.4, -0.2) is 11.5 Å². The van der Waals surface area contributed by atoms with Crippen molar-refractivity contribution in [2.24, 2.45) is 0 Å². The van der Waals surface area contributed by atoms with Crippen molar-refractivity contribution in [1.82, 2.24) is 0 Å². The lowest BCUT2D eigenvalue weighted by atomic mass is 10.0. The molecule has 0 fully saturated rings. The Morgan fingerprint density at radius 1 is 0.292 bits per heavy atom. The van der Waals surface area contributed by atoms with Crippen LogP contribution < -0.4 is 0 Å². The molecule has 0 aromatic heterocycles. The summed E-state index contributed by atoms with van der Waals surface area (Å²) in [4.78, 5) is 2.95. The van der Waals surface area contributed by atoms with Gasteiger partial charge in [0.05, 0.1) is 0 Å². The van der Waals surface area contributed by atoms with Gasteiger partial charge < -0.3 is 0 Å². The maximum Gasteiger partial charge on any atom is 0.00830 e. The van der Waals surface area contributed by atoms with Gasteiger partial charge in [-0.3, -0.25) is 0 Å². The first-order chi connectivity index (χ1) is 23.9. The summed E-state index contributed by atoms with van der Waals surface area (Å²) in [6.45, 7) is 4.62. The lowest BCUT2D eigenvalue weighted by Crippen LogP contribution is -1.86.